The summed E-state index contributed by atoms with van der Waals surface area (Å²) < 4.78 is 19.0. The summed E-state index contributed by atoms with van der Waals surface area (Å²) in [6.45, 7) is 3.20. The zero-order valence-corrected chi connectivity index (χ0v) is 16.8. The highest BCUT2D eigenvalue weighted by Crippen LogP contribution is 2.26. The molecule has 2 aliphatic rings. The minimum Gasteiger partial charge on any atom is -0.494 e. The van der Waals surface area contributed by atoms with E-state index < -0.39 is 5.82 Å². The van der Waals surface area contributed by atoms with Crippen LogP contribution in [-0.2, 0) is 0 Å². The number of aromatic nitrogens is 3. The van der Waals surface area contributed by atoms with Crippen LogP contribution < -0.4 is 26.0 Å². The van der Waals surface area contributed by atoms with Crippen LogP contribution in [0.5, 0.6) is 5.75 Å². The molecule has 2 atom stereocenters. The average molecular weight is 401 g/mol. The fourth-order valence-electron chi connectivity index (χ4n) is 3.55. The molecule has 0 amide bonds. The second-order valence-corrected chi connectivity index (χ2v) is 7.56. The van der Waals surface area contributed by atoms with E-state index in [0.29, 0.717) is 35.6 Å². The molecule has 0 radical (unpaired) electrons. The van der Waals surface area contributed by atoms with E-state index in [4.69, 9.17) is 4.74 Å². The van der Waals surface area contributed by atoms with Gasteiger partial charge in [0.15, 0.2) is 11.6 Å². The molecule has 2 fully saturated rings. The van der Waals surface area contributed by atoms with Crippen molar-refractivity contribution in [3.63, 3.8) is 0 Å². The molecule has 4 N–H and O–H groups in total. The Kier molecular flexibility index (Phi) is 5.94. The van der Waals surface area contributed by atoms with Crippen molar-refractivity contribution in [3.05, 3.63) is 24.0 Å². The van der Waals surface area contributed by atoms with Crippen LogP contribution in [0, 0.1) is 5.82 Å². The molecule has 1 aliphatic carbocycles. The smallest absolute Gasteiger partial charge is 0.233 e. The normalized spacial score (nSPS) is 19.6. The van der Waals surface area contributed by atoms with Crippen molar-refractivity contribution in [1.29, 1.82) is 0 Å². The third-order valence-electron chi connectivity index (χ3n) is 5.29. The van der Waals surface area contributed by atoms with Crippen molar-refractivity contribution >= 4 is 23.5 Å². The van der Waals surface area contributed by atoms with E-state index in [1.165, 1.54) is 19.6 Å². The number of hydrogen-bond donors (Lipinski definition) is 4. The molecule has 1 aromatic heterocycles. The summed E-state index contributed by atoms with van der Waals surface area (Å²) in [5.41, 5.74) is 0.544. The van der Waals surface area contributed by atoms with Crippen molar-refractivity contribution in [2.24, 2.45) is 0 Å². The Hall–Kier alpha value is -2.68. The molecule has 156 valence electrons. The van der Waals surface area contributed by atoms with Crippen molar-refractivity contribution < 1.29 is 9.13 Å². The molecule has 4 rings (SSSR count). The van der Waals surface area contributed by atoms with E-state index >= 15 is 0 Å². The Bertz CT molecular complexity index is 840. The molecule has 1 saturated carbocycles. The zero-order chi connectivity index (χ0) is 20.2. The number of benzene rings is 1. The van der Waals surface area contributed by atoms with Crippen LogP contribution in [0.1, 0.15) is 39.0 Å². The van der Waals surface area contributed by atoms with Crippen LogP contribution in [-0.4, -0.2) is 46.7 Å². The number of nitrogens with one attached hydrogen (secondary N) is 4. The van der Waals surface area contributed by atoms with Crippen molar-refractivity contribution in [3.8, 4) is 5.75 Å². The van der Waals surface area contributed by atoms with Crippen molar-refractivity contribution in [1.82, 2.24) is 20.3 Å². The highest BCUT2D eigenvalue weighted by atomic mass is 19.1. The SMILES string of the molecule is CCC(Nc1nc(Nc2ccc(OC)c(F)c2)nc(NC2CC2)n1)C1CCCN1. The summed E-state index contributed by atoms with van der Waals surface area (Å²) in [4.78, 5) is 13.5. The zero-order valence-electron chi connectivity index (χ0n) is 16.8. The van der Waals surface area contributed by atoms with E-state index in [-0.39, 0.29) is 11.8 Å². The maximum absolute atomic E-state index is 14.0. The van der Waals surface area contributed by atoms with Gasteiger partial charge < -0.3 is 26.0 Å². The fraction of sp³-hybridized carbons (Fsp3) is 0.550. The number of rotatable bonds is 9. The van der Waals surface area contributed by atoms with Gasteiger partial charge in [-0.25, -0.2) is 4.39 Å². The summed E-state index contributed by atoms with van der Waals surface area (Å²) >= 11 is 0. The lowest BCUT2D eigenvalue weighted by molar-refractivity contribution is 0.386. The first-order chi connectivity index (χ1) is 14.1. The van der Waals surface area contributed by atoms with E-state index in [0.717, 1.165) is 32.2 Å². The molecule has 1 aliphatic heterocycles. The number of nitrogens with zero attached hydrogens (tertiary/aromatic N) is 3. The minimum atomic E-state index is -0.445. The molecule has 0 bridgehead atoms. The third kappa shape index (κ3) is 5.03. The third-order valence-corrected chi connectivity index (χ3v) is 5.29. The molecule has 8 nitrogen and oxygen atoms in total. The highest BCUT2D eigenvalue weighted by molar-refractivity contribution is 5.57. The molecule has 2 unspecified atom stereocenters. The number of methoxy groups -OCH3 is 1. The molecule has 1 aromatic carbocycles. The van der Waals surface area contributed by atoms with Crippen LogP contribution in [0.3, 0.4) is 0 Å². The van der Waals surface area contributed by atoms with E-state index in [2.05, 4.69) is 43.1 Å². The minimum absolute atomic E-state index is 0.194. The summed E-state index contributed by atoms with van der Waals surface area (Å²) in [5, 5.41) is 13.4. The quantitative estimate of drug-likeness (QED) is 0.508. The van der Waals surface area contributed by atoms with Gasteiger partial charge in [0.2, 0.25) is 17.8 Å². The first-order valence-corrected chi connectivity index (χ1v) is 10.3. The Morgan fingerprint density at radius 2 is 1.97 bits per heavy atom. The molecule has 2 heterocycles. The molecule has 29 heavy (non-hydrogen) atoms. The predicted octanol–water partition coefficient (Wildman–Crippen LogP) is 3.28. The van der Waals surface area contributed by atoms with Gasteiger partial charge in [-0.05, 0) is 50.8 Å². The van der Waals surface area contributed by atoms with Gasteiger partial charge in [0.05, 0.1) is 7.11 Å². The van der Waals surface area contributed by atoms with Crippen molar-refractivity contribution in [2.45, 2.75) is 57.2 Å². The van der Waals surface area contributed by atoms with Crippen LogP contribution >= 0.6 is 0 Å². The molecule has 2 aromatic rings. The first kappa shape index (κ1) is 19.6. The van der Waals surface area contributed by atoms with Gasteiger partial charge in [-0.3, -0.25) is 0 Å². The van der Waals surface area contributed by atoms with Crippen molar-refractivity contribution in [2.75, 3.05) is 29.6 Å². The summed E-state index contributed by atoms with van der Waals surface area (Å²) in [6.07, 6.45) is 5.51. The standard InChI is InChI=1S/C20H28FN7O/c1-3-15(16-5-4-10-22-16)25-20-27-18(23-12-6-7-12)26-19(28-20)24-13-8-9-17(29-2)14(21)11-13/h8-9,11-12,15-16,22H,3-7,10H2,1-2H3,(H3,23,24,25,26,27,28). The van der Waals surface area contributed by atoms with E-state index in [9.17, 15) is 4.39 Å². The first-order valence-electron chi connectivity index (χ1n) is 10.3. The highest BCUT2D eigenvalue weighted by Gasteiger charge is 2.25. The molecular formula is C20H28FN7O. The Morgan fingerprint density at radius 1 is 1.17 bits per heavy atom. The fourth-order valence-corrected chi connectivity index (χ4v) is 3.55. The van der Waals surface area contributed by atoms with Gasteiger partial charge >= 0.3 is 0 Å². The largest absolute Gasteiger partial charge is 0.494 e. The van der Waals surface area contributed by atoms with Gasteiger partial charge in [-0.15, -0.1) is 0 Å². The van der Waals surface area contributed by atoms with Crippen LogP contribution in [0.4, 0.5) is 27.9 Å². The predicted molar refractivity (Wildman–Crippen MR) is 111 cm³/mol. The number of hydrogen-bond acceptors (Lipinski definition) is 8. The average Bonchev–Trinajstić information content (AvgIpc) is 3.35. The lowest BCUT2D eigenvalue weighted by atomic mass is 10.0. The van der Waals surface area contributed by atoms with Gasteiger partial charge in [0, 0.05) is 29.9 Å². The molecule has 1 saturated heterocycles. The lowest BCUT2D eigenvalue weighted by Gasteiger charge is -2.24. The van der Waals surface area contributed by atoms with Crippen LogP contribution in [0.15, 0.2) is 18.2 Å². The van der Waals surface area contributed by atoms with Crippen LogP contribution in [0.25, 0.3) is 0 Å². The summed E-state index contributed by atoms with van der Waals surface area (Å²) in [7, 11) is 1.44. The maximum Gasteiger partial charge on any atom is 0.233 e. The van der Waals surface area contributed by atoms with E-state index in [1.54, 1.807) is 12.1 Å². The Morgan fingerprint density at radius 3 is 2.62 bits per heavy atom. The molecular weight excluding hydrogens is 373 g/mol. The summed E-state index contributed by atoms with van der Waals surface area (Å²) in [6, 6.07) is 5.71. The van der Waals surface area contributed by atoms with Gasteiger partial charge in [-0.2, -0.15) is 15.0 Å². The number of anilines is 4. The van der Waals surface area contributed by atoms with Gasteiger partial charge in [0.25, 0.3) is 0 Å². The Balaban J connectivity index is 1.55. The second kappa shape index (κ2) is 8.77. The topological polar surface area (TPSA) is 96.0 Å². The van der Waals surface area contributed by atoms with Gasteiger partial charge in [-0.1, -0.05) is 6.92 Å². The number of ether oxygens (including phenoxy) is 1. The Labute approximate surface area is 170 Å². The van der Waals surface area contributed by atoms with Gasteiger partial charge in [0.1, 0.15) is 0 Å². The van der Waals surface area contributed by atoms with Crippen LogP contribution in [0.2, 0.25) is 0 Å². The summed E-state index contributed by atoms with van der Waals surface area (Å²) in [5.74, 6) is 1.15. The lowest BCUT2D eigenvalue weighted by Crippen LogP contribution is -2.40. The molecule has 9 heteroatoms. The maximum atomic E-state index is 14.0. The number of halogens is 1. The monoisotopic (exact) mass is 401 g/mol. The molecule has 0 spiro atoms. The van der Waals surface area contributed by atoms with E-state index in [1.807, 2.05) is 0 Å². The second-order valence-electron chi connectivity index (χ2n) is 7.56.